The van der Waals surface area contributed by atoms with Crippen LogP contribution in [-0.4, -0.2) is 88.2 Å². The highest BCUT2D eigenvalue weighted by Gasteiger charge is 2.32. The number of nitrogens with one attached hydrogen (secondary N) is 1. The number of carbonyl (C=O) groups is 3. The lowest BCUT2D eigenvalue weighted by Gasteiger charge is -2.36. The number of nitrogens with zero attached hydrogens (tertiary/aromatic N) is 6. The molecule has 0 saturated carbocycles. The highest BCUT2D eigenvalue weighted by atomic mass is 35.5. The van der Waals surface area contributed by atoms with Crippen LogP contribution in [0.3, 0.4) is 0 Å². The summed E-state index contributed by atoms with van der Waals surface area (Å²) in [6.07, 6.45) is 0.464. The van der Waals surface area contributed by atoms with E-state index in [9.17, 15) is 32.3 Å². The molecule has 4 heterocycles. The SMILES string of the molecule is CCc1c(N2CCN(C(=O)/C=C/C(=O)c3ccc(OC)cc3)CC2)c(=O)n2nc(C3=CCOCC3)nc2n1CC(=O)Nc1ccc(C(F)(F)F)cc1Cl. The third kappa shape index (κ3) is 8.13. The molecular formula is C36H35ClF3N7O6. The van der Waals surface area contributed by atoms with E-state index in [0.717, 1.165) is 28.3 Å². The van der Waals surface area contributed by atoms with Crippen LogP contribution in [0, 0.1) is 0 Å². The Morgan fingerprint density at radius 3 is 2.42 bits per heavy atom. The smallest absolute Gasteiger partial charge is 0.416 e. The largest absolute Gasteiger partial charge is 0.497 e. The van der Waals surface area contributed by atoms with Gasteiger partial charge in [-0.25, -0.2) is 0 Å². The van der Waals surface area contributed by atoms with Crippen molar-refractivity contribution in [2.45, 2.75) is 32.5 Å². The lowest BCUT2D eigenvalue weighted by Crippen LogP contribution is -2.50. The van der Waals surface area contributed by atoms with Crippen molar-refractivity contribution in [1.29, 1.82) is 0 Å². The Bertz CT molecular complexity index is 2170. The lowest BCUT2D eigenvalue weighted by atomic mass is 10.1. The maximum Gasteiger partial charge on any atom is 0.416 e. The Hall–Kier alpha value is -5.48. The summed E-state index contributed by atoms with van der Waals surface area (Å²) in [6, 6.07) is 9.15. The van der Waals surface area contributed by atoms with Crippen molar-refractivity contribution in [3.63, 3.8) is 0 Å². The van der Waals surface area contributed by atoms with E-state index in [0.29, 0.717) is 48.9 Å². The fourth-order valence-corrected chi connectivity index (χ4v) is 6.40. The molecule has 278 valence electrons. The van der Waals surface area contributed by atoms with Crippen LogP contribution in [0.4, 0.5) is 24.5 Å². The molecule has 1 saturated heterocycles. The number of allylic oxidation sites excluding steroid dienone is 1. The minimum atomic E-state index is -4.61. The Morgan fingerprint density at radius 2 is 1.79 bits per heavy atom. The average molecular weight is 754 g/mol. The molecular weight excluding hydrogens is 719 g/mol. The van der Waals surface area contributed by atoms with E-state index in [1.807, 2.05) is 17.9 Å². The number of amides is 2. The molecule has 0 bridgehead atoms. The molecule has 2 amide bonds. The lowest BCUT2D eigenvalue weighted by molar-refractivity contribution is -0.137. The Morgan fingerprint density at radius 1 is 1.06 bits per heavy atom. The van der Waals surface area contributed by atoms with Gasteiger partial charge in [-0.05, 0) is 67.0 Å². The van der Waals surface area contributed by atoms with Crippen LogP contribution in [0.2, 0.25) is 5.02 Å². The Kier molecular flexibility index (Phi) is 11.0. The molecule has 2 aliphatic rings. The van der Waals surface area contributed by atoms with Gasteiger partial charge in [-0.15, -0.1) is 5.10 Å². The minimum absolute atomic E-state index is 0.0185. The average Bonchev–Trinajstić information content (AvgIpc) is 3.62. The summed E-state index contributed by atoms with van der Waals surface area (Å²) in [5.41, 5.74) is 0.483. The van der Waals surface area contributed by atoms with Gasteiger partial charge in [-0.2, -0.15) is 22.7 Å². The number of piperazine rings is 1. The van der Waals surface area contributed by atoms with Crippen LogP contribution in [-0.2, 0) is 33.5 Å². The van der Waals surface area contributed by atoms with Gasteiger partial charge in [-0.3, -0.25) is 19.2 Å². The summed E-state index contributed by atoms with van der Waals surface area (Å²) >= 11 is 6.12. The second kappa shape index (κ2) is 15.6. The normalized spacial score (nSPS) is 15.2. The number of benzene rings is 2. The van der Waals surface area contributed by atoms with E-state index < -0.39 is 23.2 Å². The number of hydrogen-bond donors (Lipinski definition) is 1. The third-order valence-corrected chi connectivity index (χ3v) is 9.26. The number of carbonyl (C=O) groups excluding carboxylic acids is 3. The first kappa shape index (κ1) is 37.3. The number of alkyl halides is 3. The first-order valence-corrected chi connectivity index (χ1v) is 17.1. The Balaban J connectivity index is 1.27. The zero-order chi connectivity index (χ0) is 37.9. The summed E-state index contributed by atoms with van der Waals surface area (Å²) in [4.78, 5) is 61.4. The summed E-state index contributed by atoms with van der Waals surface area (Å²) in [7, 11) is 1.52. The van der Waals surface area contributed by atoms with Crippen molar-refractivity contribution in [1.82, 2.24) is 24.1 Å². The molecule has 4 aromatic rings. The molecule has 2 aromatic heterocycles. The van der Waals surface area contributed by atoms with Gasteiger partial charge >= 0.3 is 6.18 Å². The highest BCUT2D eigenvalue weighted by Crippen LogP contribution is 2.34. The van der Waals surface area contributed by atoms with Crippen LogP contribution in [0.25, 0.3) is 11.4 Å². The zero-order valence-electron chi connectivity index (χ0n) is 28.8. The number of ether oxygens (including phenoxy) is 2. The first-order valence-electron chi connectivity index (χ1n) is 16.7. The molecule has 2 aromatic carbocycles. The molecule has 17 heteroatoms. The van der Waals surface area contributed by atoms with Crippen molar-refractivity contribution in [2.75, 3.05) is 56.7 Å². The number of fused-ring (bicyclic) bond motifs is 1. The number of methoxy groups -OCH3 is 1. The van der Waals surface area contributed by atoms with Gasteiger partial charge in [0.05, 0.1) is 42.3 Å². The van der Waals surface area contributed by atoms with E-state index in [4.69, 9.17) is 21.1 Å². The molecule has 1 N–H and O–H groups in total. The number of anilines is 2. The number of ketones is 1. The van der Waals surface area contributed by atoms with Crippen molar-refractivity contribution in [2.24, 2.45) is 0 Å². The minimum Gasteiger partial charge on any atom is -0.497 e. The number of hydrogen-bond acceptors (Lipinski definition) is 9. The van der Waals surface area contributed by atoms with Gasteiger partial charge in [0.2, 0.25) is 17.6 Å². The third-order valence-electron chi connectivity index (χ3n) is 8.94. The molecule has 0 unspecified atom stereocenters. The van der Waals surface area contributed by atoms with Gasteiger partial charge < -0.3 is 29.2 Å². The fraction of sp³-hybridized carbons (Fsp3) is 0.333. The molecule has 0 atom stereocenters. The maximum atomic E-state index is 14.2. The van der Waals surface area contributed by atoms with Gasteiger partial charge in [0, 0.05) is 37.8 Å². The molecule has 0 radical (unpaired) electrons. The van der Waals surface area contributed by atoms with Crippen LogP contribution < -0.4 is 20.5 Å². The van der Waals surface area contributed by atoms with Crippen LogP contribution >= 0.6 is 11.6 Å². The molecule has 13 nitrogen and oxygen atoms in total. The predicted octanol–water partition coefficient (Wildman–Crippen LogP) is 4.66. The quantitative estimate of drug-likeness (QED) is 0.181. The second-order valence-electron chi connectivity index (χ2n) is 12.2. The summed E-state index contributed by atoms with van der Waals surface area (Å²) in [6.45, 7) is 3.24. The molecule has 2 aliphatic heterocycles. The van der Waals surface area contributed by atoms with Crippen molar-refractivity contribution < 1.29 is 37.0 Å². The monoisotopic (exact) mass is 753 g/mol. The van der Waals surface area contributed by atoms with E-state index in [2.05, 4.69) is 15.4 Å². The zero-order valence-corrected chi connectivity index (χ0v) is 29.5. The highest BCUT2D eigenvalue weighted by molar-refractivity contribution is 6.33. The molecule has 6 rings (SSSR count). The van der Waals surface area contributed by atoms with E-state index in [1.165, 1.54) is 19.3 Å². The van der Waals surface area contributed by atoms with Gasteiger partial charge in [0.15, 0.2) is 11.6 Å². The van der Waals surface area contributed by atoms with Gasteiger partial charge in [-0.1, -0.05) is 24.6 Å². The van der Waals surface area contributed by atoms with E-state index in [-0.39, 0.29) is 66.6 Å². The Labute approximate surface area is 306 Å². The summed E-state index contributed by atoms with van der Waals surface area (Å²) < 4.78 is 52.8. The fourth-order valence-electron chi connectivity index (χ4n) is 6.18. The van der Waals surface area contributed by atoms with Crippen LogP contribution in [0.5, 0.6) is 5.75 Å². The molecule has 53 heavy (non-hydrogen) atoms. The molecule has 0 spiro atoms. The van der Waals surface area contributed by atoms with Gasteiger partial charge in [0.1, 0.15) is 18.0 Å². The van der Waals surface area contributed by atoms with Crippen LogP contribution in [0.15, 0.2) is 65.5 Å². The maximum absolute atomic E-state index is 14.2. The number of rotatable bonds is 10. The van der Waals surface area contributed by atoms with Crippen LogP contribution in [0.1, 0.15) is 40.8 Å². The van der Waals surface area contributed by atoms with Crippen molar-refractivity contribution in [3.8, 4) is 5.75 Å². The summed E-state index contributed by atoms with van der Waals surface area (Å²) in [5, 5.41) is 6.82. The number of halogens is 4. The topological polar surface area (TPSA) is 140 Å². The van der Waals surface area contributed by atoms with E-state index >= 15 is 0 Å². The van der Waals surface area contributed by atoms with Crippen molar-refractivity contribution >= 4 is 51.9 Å². The van der Waals surface area contributed by atoms with Crippen molar-refractivity contribution in [3.05, 3.63) is 98.7 Å². The predicted molar refractivity (Wildman–Crippen MR) is 190 cm³/mol. The molecule has 1 fully saturated rings. The first-order chi connectivity index (χ1) is 25.4. The van der Waals surface area contributed by atoms with Gasteiger partial charge in [0.25, 0.3) is 5.56 Å². The number of aromatic nitrogens is 4. The summed E-state index contributed by atoms with van der Waals surface area (Å²) in [5.74, 6) is -0.320. The van der Waals surface area contributed by atoms with E-state index in [1.54, 1.807) is 33.7 Å². The second-order valence-corrected chi connectivity index (χ2v) is 12.6. The standard InChI is InChI=1S/C36H35ClF3N7O6/c1-3-28-32(45-16-14-44(15-17-45)31(50)11-10-29(48)22-4-7-25(52-2)8-5-22)34(51)47-35(42-33(43-47)23-12-18-53-19-13-23)46(28)21-30(49)41-27-9-6-24(20-26(27)37)36(38,39)40/h4-12,20H,3,13-19,21H2,1-2H3,(H,41,49)/b11-10+. The molecule has 0 aliphatic carbocycles.